The molecule has 1 unspecified atom stereocenters. The van der Waals surface area contributed by atoms with Crippen LogP contribution in [0.3, 0.4) is 0 Å². The number of aliphatic carboxylic acids is 1. The number of carboxylic acids is 1. The van der Waals surface area contributed by atoms with Crippen LogP contribution in [0.1, 0.15) is 36.3 Å². The molecule has 5 nitrogen and oxygen atoms in total. The summed E-state index contributed by atoms with van der Waals surface area (Å²) in [6.07, 6.45) is 1.62. The molecule has 2 aromatic rings. The fourth-order valence-electron chi connectivity index (χ4n) is 3.70. The first kappa shape index (κ1) is 20.5. The zero-order chi connectivity index (χ0) is 20.1. The summed E-state index contributed by atoms with van der Waals surface area (Å²) in [6.45, 7) is 0.555. The monoisotopic (exact) mass is 405 g/mol. The maximum absolute atomic E-state index is 13.1. The van der Waals surface area contributed by atoms with Crippen molar-refractivity contribution in [2.24, 2.45) is 0 Å². The number of hydrogen-bond acceptors (Lipinski definition) is 3. The molecule has 1 aliphatic rings. The van der Waals surface area contributed by atoms with E-state index in [1.807, 2.05) is 30.3 Å². The van der Waals surface area contributed by atoms with E-state index < -0.39 is 21.2 Å². The Morgan fingerprint density at radius 3 is 2.25 bits per heavy atom. The van der Waals surface area contributed by atoms with Crippen LogP contribution >= 0.6 is 0 Å². The van der Waals surface area contributed by atoms with Crippen LogP contribution in [-0.4, -0.2) is 42.1 Å². The molecule has 0 bridgehead atoms. The first-order valence-corrected chi connectivity index (χ1v) is 10.9. The molecule has 2 aromatic carbocycles. The zero-order valence-electron chi connectivity index (χ0n) is 15.5. The van der Waals surface area contributed by atoms with Gasteiger partial charge in [-0.15, -0.1) is 0 Å². The molecule has 0 radical (unpaired) electrons. The summed E-state index contributed by atoms with van der Waals surface area (Å²) < 4.78 is 40.3. The number of piperidine rings is 1. The van der Waals surface area contributed by atoms with Gasteiger partial charge < -0.3 is 5.11 Å². The fraction of sp³-hybridized carbons (Fsp3) is 0.381. The molecule has 3 rings (SSSR count). The van der Waals surface area contributed by atoms with Gasteiger partial charge in [0.1, 0.15) is 5.82 Å². The van der Waals surface area contributed by atoms with Crippen molar-refractivity contribution < 1.29 is 22.7 Å². The minimum Gasteiger partial charge on any atom is -0.480 e. The Hall–Kier alpha value is -2.25. The molecule has 150 valence electrons. The molecule has 1 heterocycles. The zero-order valence-corrected chi connectivity index (χ0v) is 16.3. The Kier molecular flexibility index (Phi) is 6.46. The van der Waals surface area contributed by atoms with Gasteiger partial charge in [0.2, 0.25) is 10.0 Å². The number of halogens is 1. The van der Waals surface area contributed by atoms with Crippen molar-refractivity contribution in [2.45, 2.75) is 36.9 Å². The average molecular weight is 405 g/mol. The highest BCUT2D eigenvalue weighted by Gasteiger charge is 2.39. The van der Waals surface area contributed by atoms with E-state index in [-0.39, 0.29) is 31.2 Å². The van der Waals surface area contributed by atoms with Crippen LogP contribution in [0.5, 0.6) is 0 Å². The second-order valence-electron chi connectivity index (χ2n) is 7.12. The summed E-state index contributed by atoms with van der Waals surface area (Å²) in [5.41, 5.74) is 1.90. The van der Waals surface area contributed by atoms with E-state index in [2.05, 4.69) is 0 Å². The second-order valence-corrected chi connectivity index (χ2v) is 9.24. The molecule has 0 aliphatic carbocycles. The van der Waals surface area contributed by atoms with Crippen molar-refractivity contribution in [2.75, 3.05) is 13.1 Å². The van der Waals surface area contributed by atoms with Crippen LogP contribution in [0.4, 0.5) is 4.39 Å². The minimum absolute atomic E-state index is 0.0412. The molecule has 28 heavy (non-hydrogen) atoms. The van der Waals surface area contributed by atoms with E-state index in [1.54, 1.807) is 12.1 Å². The van der Waals surface area contributed by atoms with Crippen molar-refractivity contribution in [1.29, 1.82) is 0 Å². The first-order valence-electron chi connectivity index (χ1n) is 9.39. The Labute approximate surface area is 164 Å². The minimum atomic E-state index is -3.93. The van der Waals surface area contributed by atoms with Crippen LogP contribution in [0, 0.1) is 5.82 Å². The summed E-state index contributed by atoms with van der Waals surface area (Å²) in [6, 6.07) is 15.5. The van der Waals surface area contributed by atoms with Gasteiger partial charge in [0.05, 0.1) is 0 Å². The predicted molar refractivity (Wildman–Crippen MR) is 105 cm³/mol. The first-order chi connectivity index (χ1) is 13.4. The van der Waals surface area contributed by atoms with Crippen LogP contribution < -0.4 is 0 Å². The van der Waals surface area contributed by atoms with E-state index in [1.165, 1.54) is 16.4 Å². The molecule has 1 fully saturated rings. The lowest BCUT2D eigenvalue weighted by Crippen LogP contribution is -2.46. The maximum atomic E-state index is 13.1. The molecule has 0 amide bonds. The van der Waals surface area contributed by atoms with Crippen LogP contribution in [-0.2, 0) is 21.2 Å². The predicted octanol–water partition coefficient (Wildman–Crippen LogP) is 3.42. The number of nitrogens with zero attached hydrogens (tertiary/aromatic N) is 1. The van der Waals surface area contributed by atoms with Crippen molar-refractivity contribution in [1.82, 2.24) is 4.31 Å². The number of aryl methyl sites for hydroxylation is 1. The van der Waals surface area contributed by atoms with E-state index in [4.69, 9.17) is 0 Å². The summed E-state index contributed by atoms with van der Waals surface area (Å²) in [7, 11) is -3.93. The molecular weight excluding hydrogens is 381 g/mol. The largest absolute Gasteiger partial charge is 0.480 e. The molecule has 1 N–H and O–H groups in total. The van der Waals surface area contributed by atoms with Gasteiger partial charge in [-0.05, 0) is 54.9 Å². The Morgan fingerprint density at radius 2 is 1.68 bits per heavy atom. The fourth-order valence-corrected chi connectivity index (χ4v) is 5.45. The molecule has 1 atom stereocenters. The van der Waals surface area contributed by atoms with Gasteiger partial charge in [-0.3, -0.25) is 4.79 Å². The highest BCUT2D eigenvalue weighted by molar-refractivity contribution is 7.90. The Morgan fingerprint density at radius 1 is 1.07 bits per heavy atom. The van der Waals surface area contributed by atoms with Gasteiger partial charge in [0, 0.05) is 13.1 Å². The van der Waals surface area contributed by atoms with E-state index >= 15 is 0 Å². The Balaban J connectivity index is 1.65. The molecular formula is C21H24FNO4S. The number of hydrogen-bond donors (Lipinski definition) is 1. The number of carboxylic acid groups (broad SMARTS) is 1. The third-order valence-corrected chi connectivity index (χ3v) is 7.57. The average Bonchev–Trinajstić information content (AvgIpc) is 2.69. The second kappa shape index (κ2) is 8.84. The van der Waals surface area contributed by atoms with Crippen molar-refractivity contribution in [3.05, 3.63) is 71.5 Å². The van der Waals surface area contributed by atoms with Gasteiger partial charge in [0.25, 0.3) is 0 Å². The summed E-state index contributed by atoms with van der Waals surface area (Å²) >= 11 is 0. The molecule has 0 spiro atoms. The van der Waals surface area contributed by atoms with Crippen molar-refractivity contribution in [3.8, 4) is 0 Å². The molecule has 0 saturated carbocycles. The van der Waals surface area contributed by atoms with Crippen LogP contribution in [0.2, 0.25) is 0 Å². The summed E-state index contributed by atoms with van der Waals surface area (Å²) in [4.78, 5) is 11.7. The van der Waals surface area contributed by atoms with E-state index in [0.29, 0.717) is 19.3 Å². The number of carbonyl (C=O) groups is 1. The highest BCUT2D eigenvalue weighted by atomic mass is 32.2. The Bertz CT molecular complexity index is 892. The molecule has 1 aliphatic heterocycles. The number of rotatable bonds is 7. The number of sulfonamides is 1. The normalized spacial score (nSPS) is 17.3. The van der Waals surface area contributed by atoms with Gasteiger partial charge >= 0.3 is 5.97 Å². The molecule has 1 saturated heterocycles. The maximum Gasteiger partial charge on any atom is 0.323 e. The van der Waals surface area contributed by atoms with Gasteiger partial charge in [-0.1, -0.05) is 42.5 Å². The smallest absolute Gasteiger partial charge is 0.323 e. The molecule has 0 aromatic heterocycles. The van der Waals surface area contributed by atoms with Gasteiger partial charge in [-0.2, -0.15) is 0 Å². The standard InChI is InChI=1S/C21H24FNO4S/c22-19-9-7-17(8-10-19)18-12-14-23(15-13-18)28(26,27)20(21(24)25)11-6-16-4-2-1-3-5-16/h1-5,7-10,18,20H,6,11-15H2,(H,24,25). The van der Waals surface area contributed by atoms with Gasteiger partial charge in [-0.25, -0.2) is 17.1 Å². The quantitative estimate of drug-likeness (QED) is 0.766. The van der Waals surface area contributed by atoms with E-state index in [0.717, 1.165) is 11.1 Å². The SMILES string of the molecule is O=C(O)C(CCc1ccccc1)S(=O)(=O)N1CCC(c2ccc(F)cc2)CC1. The highest BCUT2D eigenvalue weighted by Crippen LogP contribution is 2.30. The number of benzene rings is 2. The van der Waals surface area contributed by atoms with Gasteiger partial charge in [0.15, 0.2) is 5.25 Å². The summed E-state index contributed by atoms with van der Waals surface area (Å²) in [5, 5.41) is 8.08. The lowest BCUT2D eigenvalue weighted by molar-refractivity contribution is -0.136. The van der Waals surface area contributed by atoms with Crippen molar-refractivity contribution >= 4 is 16.0 Å². The van der Waals surface area contributed by atoms with Crippen LogP contribution in [0.15, 0.2) is 54.6 Å². The van der Waals surface area contributed by atoms with Crippen LogP contribution in [0.25, 0.3) is 0 Å². The lowest BCUT2D eigenvalue weighted by atomic mass is 9.90. The molecule has 7 heteroatoms. The lowest BCUT2D eigenvalue weighted by Gasteiger charge is -2.33. The third-order valence-electron chi connectivity index (χ3n) is 5.33. The third kappa shape index (κ3) is 4.77. The van der Waals surface area contributed by atoms with E-state index in [9.17, 15) is 22.7 Å². The summed E-state index contributed by atoms with van der Waals surface area (Å²) in [5.74, 6) is -1.46. The van der Waals surface area contributed by atoms with Crippen molar-refractivity contribution in [3.63, 3.8) is 0 Å². The topological polar surface area (TPSA) is 74.7 Å².